The number of amides is 2. The monoisotopic (exact) mass is 509 g/mol. The van der Waals surface area contributed by atoms with E-state index in [1.54, 1.807) is 23.1 Å². The number of nitrogens with one attached hydrogen (secondary N) is 1. The van der Waals surface area contributed by atoms with Crippen molar-refractivity contribution in [1.29, 1.82) is 0 Å². The van der Waals surface area contributed by atoms with Gasteiger partial charge in [0.05, 0.1) is 23.9 Å². The van der Waals surface area contributed by atoms with Crippen molar-refractivity contribution in [3.05, 3.63) is 47.5 Å². The van der Waals surface area contributed by atoms with Crippen molar-refractivity contribution in [3.8, 4) is 17.2 Å². The van der Waals surface area contributed by atoms with Crippen LogP contribution in [-0.4, -0.2) is 72.4 Å². The van der Waals surface area contributed by atoms with Crippen molar-refractivity contribution in [1.82, 2.24) is 9.80 Å². The van der Waals surface area contributed by atoms with Crippen LogP contribution in [0.25, 0.3) is 0 Å². The number of aliphatic hydroxyl groups excluding tert-OH is 1. The Labute approximate surface area is 217 Å². The normalized spacial score (nSPS) is 21.6. The predicted octanol–water partition coefficient (Wildman–Crippen LogP) is 3.12. The van der Waals surface area contributed by atoms with Gasteiger partial charge in [-0.1, -0.05) is 19.1 Å². The van der Waals surface area contributed by atoms with Crippen molar-refractivity contribution in [2.24, 2.45) is 11.8 Å². The number of hydrogen-bond donors (Lipinski definition) is 2. The first-order valence-electron chi connectivity index (χ1n) is 12.9. The maximum absolute atomic E-state index is 13.6. The van der Waals surface area contributed by atoms with E-state index < -0.39 is 0 Å². The largest absolute Gasteiger partial charge is 0.486 e. The number of likely N-dealkylation sites (N-methyl/N-ethyl adjacent to an activating group) is 1. The fourth-order valence-corrected chi connectivity index (χ4v) is 4.86. The second kappa shape index (κ2) is 10.6. The first-order chi connectivity index (χ1) is 17.8. The Balaban J connectivity index is 1.41. The van der Waals surface area contributed by atoms with Crippen molar-refractivity contribution < 1.29 is 28.9 Å². The first-order valence-corrected chi connectivity index (χ1v) is 12.9. The molecule has 2 amide bonds. The molecule has 0 unspecified atom stereocenters. The van der Waals surface area contributed by atoms with Gasteiger partial charge in [0, 0.05) is 31.5 Å². The molecular weight excluding hydrogens is 474 g/mol. The van der Waals surface area contributed by atoms with Crippen LogP contribution in [0, 0.1) is 11.8 Å². The van der Waals surface area contributed by atoms with E-state index in [-0.39, 0.29) is 49.2 Å². The summed E-state index contributed by atoms with van der Waals surface area (Å²) in [5, 5.41) is 12.9. The lowest BCUT2D eigenvalue weighted by Gasteiger charge is -2.38. The van der Waals surface area contributed by atoms with Gasteiger partial charge in [-0.05, 0) is 56.6 Å². The van der Waals surface area contributed by atoms with Crippen LogP contribution in [0.15, 0.2) is 36.4 Å². The van der Waals surface area contributed by atoms with E-state index in [0.717, 1.165) is 29.9 Å². The molecule has 2 aromatic carbocycles. The van der Waals surface area contributed by atoms with Crippen molar-refractivity contribution in [3.63, 3.8) is 0 Å². The maximum atomic E-state index is 13.6. The fraction of sp³-hybridized carbons (Fsp3) is 0.500. The summed E-state index contributed by atoms with van der Waals surface area (Å²) in [5.41, 5.74) is 2.00. The van der Waals surface area contributed by atoms with Crippen molar-refractivity contribution in [2.45, 2.75) is 45.4 Å². The van der Waals surface area contributed by atoms with Gasteiger partial charge in [0.2, 0.25) is 12.7 Å². The van der Waals surface area contributed by atoms with E-state index in [1.807, 2.05) is 32.2 Å². The Bertz CT molecular complexity index is 1170. The van der Waals surface area contributed by atoms with Gasteiger partial charge in [-0.3, -0.25) is 14.5 Å². The zero-order valence-electron chi connectivity index (χ0n) is 21.6. The third-order valence-corrected chi connectivity index (χ3v) is 7.28. The van der Waals surface area contributed by atoms with E-state index >= 15 is 0 Å². The first kappa shape index (κ1) is 25.4. The minimum atomic E-state index is -0.349. The Hall–Kier alpha value is -3.30. The molecule has 2 heterocycles. The van der Waals surface area contributed by atoms with Crippen LogP contribution in [-0.2, 0) is 11.3 Å². The van der Waals surface area contributed by atoms with E-state index in [9.17, 15) is 14.7 Å². The maximum Gasteiger partial charge on any atom is 0.258 e. The minimum Gasteiger partial charge on any atom is -0.486 e. The lowest BCUT2D eigenvalue weighted by atomic mass is 9.98. The highest BCUT2D eigenvalue weighted by Crippen LogP contribution is 2.37. The number of nitrogens with zero attached hydrogens (tertiary/aromatic N) is 2. The average molecular weight is 510 g/mol. The summed E-state index contributed by atoms with van der Waals surface area (Å²) < 4.78 is 17.5. The summed E-state index contributed by atoms with van der Waals surface area (Å²) in [6.45, 7) is 5.71. The topological polar surface area (TPSA) is 101 Å². The van der Waals surface area contributed by atoms with Crippen LogP contribution in [0.3, 0.4) is 0 Å². The number of hydrogen-bond acceptors (Lipinski definition) is 7. The molecule has 9 heteroatoms. The molecule has 0 radical (unpaired) electrons. The summed E-state index contributed by atoms with van der Waals surface area (Å²) in [4.78, 5) is 30.1. The van der Waals surface area contributed by atoms with E-state index in [4.69, 9.17) is 14.2 Å². The summed E-state index contributed by atoms with van der Waals surface area (Å²) in [5.74, 6) is 1.63. The van der Waals surface area contributed by atoms with Gasteiger partial charge >= 0.3 is 0 Å². The second-order valence-corrected chi connectivity index (χ2v) is 10.5. The number of aliphatic hydroxyl groups is 1. The van der Waals surface area contributed by atoms with E-state index in [1.165, 1.54) is 0 Å². The van der Waals surface area contributed by atoms with Crippen LogP contribution < -0.4 is 19.5 Å². The molecule has 2 N–H and O–H groups in total. The molecule has 0 aromatic heterocycles. The highest BCUT2D eigenvalue weighted by atomic mass is 16.7. The zero-order valence-corrected chi connectivity index (χ0v) is 21.6. The van der Waals surface area contributed by atoms with Gasteiger partial charge < -0.3 is 29.5 Å². The molecule has 0 bridgehead atoms. The molecule has 3 atom stereocenters. The lowest BCUT2D eigenvalue weighted by molar-refractivity contribution is -0.117. The molecule has 1 fully saturated rings. The van der Waals surface area contributed by atoms with Gasteiger partial charge in [-0.2, -0.15) is 0 Å². The summed E-state index contributed by atoms with van der Waals surface area (Å²) >= 11 is 0. The number of carbonyl (C=O) groups is 2. The SMILES string of the molecule is C[C@H]1CN([C@@H](C)CO)C(=O)c2cccc(NC(=O)C3CC3)c2O[C@@H]1CN(C)Cc1ccc2c(c1)OCO2. The van der Waals surface area contributed by atoms with Crippen LogP contribution in [0.2, 0.25) is 0 Å². The van der Waals surface area contributed by atoms with Gasteiger partial charge in [-0.25, -0.2) is 0 Å². The van der Waals surface area contributed by atoms with Crippen LogP contribution >= 0.6 is 0 Å². The standard InChI is InChI=1S/C28H35N3O6/c1-17-12-31(18(2)15-32)28(34)21-5-4-6-22(29-27(33)20-8-9-20)26(21)37-25(17)14-30(3)13-19-7-10-23-24(11-19)36-16-35-23/h4-7,10-11,17-18,20,25,32H,8-9,12-16H2,1-3H3,(H,29,33)/t17-,18-,25+/m0/s1. The molecule has 198 valence electrons. The molecular formula is C28H35N3O6. The number of anilines is 1. The lowest BCUT2D eigenvalue weighted by Crippen LogP contribution is -2.49. The average Bonchev–Trinajstić information content (AvgIpc) is 3.64. The highest BCUT2D eigenvalue weighted by Gasteiger charge is 2.36. The highest BCUT2D eigenvalue weighted by molar-refractivity contribution is 6.02. The van der Waals surface area contributed by atoms with E-state index in [2.05, 4.69) is 17.1 Å². The molecule has 5 rings (SSSR count). The number of fused-ring (bicyclic) bond motifs is 2. The molecule has 3 aliphatic rings. The quantitative estimate of drug-likeness (QED) is 0.564. The third-order valence-electron chi connectivity index (χ3n) is 7.28. The van der Waals surface area contributed by atoms with Crippen LogP contribution in [0.1, 0.15) is 42.6 Å². The van der Waals surface area contributed by atoms with Gasteiger partial charge in [0.25, 0.3) is 5.91 Å². The smallest absolute Gasteiger partial charge is 0.258 e. The Morgan fingerprint density at radius 3 is 2.76 bits per heavy atom. The molecule has 1 aliphatic carbocycles. The number of benzene rings is 2. The third kappa shape index (κ3) is 5.52. The molecule has 0 spiro atoms. The Morgan fingerprint density at radius 2 is 2.00 bits per heavy atom. The molecule has 2 aromatic rings. The number of ether oxygens (including phenoxy) is 3. The summed E-state index contributed by atoms with van der Waals surface area (Å²) in [7, 11) is 2.03. The van der Waals surface area contributed by atoms with Crippen LogP contribution in [0.5, 0.6) is 17.2 Å². The van der Waals surface area contributed by atoms with Gasteiger partial charge in [-0.15, -0.1) is 0 Å². The predicted molar refractivity (Wildman–Crippen MR) is 138 cm³/mol. The van der Waals surface area contributed by atoms with Gasteiger partial charge in [0.15, 0.2) is 17.2 Å². The fourth-order valence-electron chi connectivity index (χ4n) is 4.86. The minimum absolute atomic E-state index is 0.0218. The van der Waals surface area contributed by atoms with E-state index in [0.29, 0.717) is 36.6 Å². The van der Waals surface area contributed by atoms with Crippen molar-refractivity contribution >= 4 is 17.5 Å². The van der Waals surface area contributed by atoms with Crippen LogP contribution in [0.4, 0.5) is 5.69 Å². The second-order valence-electron chi connectivity index (χ2n) is 10.5. The molecule has 37 heavy (non-hydrogen) atoms. The van der Waals surface area contributed by atoms with Crippen molar-refractivity contribution in [2.75, 3.05) is 38.9 Å². The molecule has 2 aliphatic heterocycles. The summed E-state index contributed by atoms with van der Waals surface area (Å²) in [6.07, 6.45) is 1.50. The number of para-hydroxylation sites is 1. The molecule has 1 saturated carbocycles. The van der Waals surface area contributed by atoms with Gasteiger partial charge in [0.1, 0.15) is 6.10 Å². The Morgan fingerprint density at radius 1 is 1.22 bits per heavy atom. The number of rotatable bonds is 8. The zero-order chi connectivity index (χ0) is 26.1. The summed E-state index contributed by atoms with van der Waals surface area (Å²) in [6, 6.07) is 10.9. The number of carbonyl (C=O) groups excluding carboxylic acids is 2. The Kier molecular flexibility index (Phi) is 7.26. The molecule has 9 nitrogen and oxygen atoms in total. The molecule has 0 saturated heterocycles.